The van der Waals surface area contributed by atoms with Gasteiger partial charge in [0.1, 0.15) is 0 Å². The second-order valence-electron chi connectivity index (χ2n) is 6.27. The van der Waals surface area contributed by atoms with Crippen molar-refractivity contribution in [3.63, 3.8) is 0 Å². The average Bonchev–Trinajstić information content (AvgIpc) is 3.15. The van der Waals surface area contributed by atoms with Crippen molar-refractivity contribution in [1.82, 2.24) is 4.98 Å². The number of benzene rings is 1. The van der Waals surface area contributed by atoms with E-state index in [2.05, 4.69) is 36.3 Å². The molecule has 0 radical (unpaired) electrons. The molecule has 0 fully saturated rings. The van der Waals surface area contributed by atoms with E-state index in [4.69, 9.17) is 4.42 Å². The van der Waals surface area contributed by atoms with Crippen LogP contribution in [0.4, 0.5) is 24.5 Å². The molecule has 3 rings (SSSR count). The molecule has 31 heavy (non-hydrogen) atoms. The molecule has 0 aliphatic carbocycles. The number of anilines is 2. The summed E-state index contributed by atoms with van der Waals surface area (Å²) in [7, 11) is 0. The van der Waals surface area contributed by atoms with Crippen LogP contribution in [-0.2, 0) is 11.2 Å². The van der Waals surface area contributed by atoms with E-state index < -0.39 is 18.7 Å². The van der Waals surface area contributed by atoms with E-state index in [1.165, 1.54) is 24.4 Å². The monoisotopic (exact) mass is 497 g/mol. The lowest BCUT2D eigenvalue weighted by atomic mass is 10.1. The molecule has 0 unspecified atom stereocenters. The van der Waals surface area contributed by atoms with Crippen molar-refractivity contribution in [1.29, 1.82) is 0 Å². The maximum absolute atomic E-state index is 12.2. The minimum atomic E-state index is -4.46. The van der Waals surface area contributed by atoms with Crippen LogP contribution in [0.3, 0.4) is 0 Å². The van der Waals surface area contributed by atoms with Crippen molar-refractivity contribution >= 4 is 39.1 Å². The Labute approximate surface area is 182 Å². The van der Waals surface area contributed by atoms with Gasteiger partial charge in [0.25, 0.3) is 5.91 Å². The topological polar surface area (TPSA) is 93.5 Å². The number of carbonyl (C=O) groups is 2. The quantitative estimate of drug-likeness (QED) is 0.488. The molecular weight excluding hydrogens is 483 g/mol. The van der Waals surface area contributed by atoms with Crippen molar-refractivity contribution in [2.45, 2.75) is 12.6 Å². The van der Waals surface area contributed by atoms with Gasteiger partial charge < -0.3 is 19.8 Å². The standard InChI is InChI=1S/C20H15BrF3N3O4/c21-16-7-6-15(31-16)19(29)27-13-3-1-12(2-4-13)9-17(28)26-14-5-8-18(25-10-14)30-11-20(22,23)24/h1-8,10H,9,11H2,(H,26,28)(H,27,29). The summed E-state index contributed by atoms with van der Waals surface area (Å²) in [6.07, 6.45) is -3.20. The number of ether oxygens (including phenoxy) is 1. The first-order valence-electron chi connectivity index (χ1n) is 8.79. The maximum atomic E-state index is 12.2. The van der Waals surface area contributed by atoms with Crippen LogP contribution in [0.5, 0.6) is 5.88 Å². The van der Waals surface area contributed by atoms with Crippen molar-refractivity contribution in [3.8, 4) is 5.88 Å². The van der Waals surface area contributed by atoms with E-state index >= 15 is 0 Å². The lowest BCUT2D eigenvalue weighted by molar-refractivity contribution is -0.154. The molecule has 1 aromatic carbocycles. The fraction of sp³-hybridized carbons (Fsp3) is 0.150. The van der Waals surface area contributed by atoms with Gasteiger partial charge in [-0.2, -0.15) is 13.2 Å². The highest BCUT2D eigenvalue weighted by molar-refractivity contribution is 9.10. The number of nitrogens with zero attached hydrogens (tertiary/aromatic N) is 1. The van der Waals surface area contributed by atoms with Crippen LogP contribution in [0, 0.1) is 0 Å². The number of amides is 2. The minimum absolute atomic E-state index is 0.0473. The van der Waals surface area contributed by atoms with Crippen molar-refractivity contribution < 1.29 is 31.9 Å². The molecule has 0 aliphatic heterocycles. The summed E-state index contributed by atoms with van der Waals surface area (Å²) < 4.78 is 46.5. The zero-order valence-corrected chi connectivity index (χ0v) is 17.3. The molecule has 0 atom stereocenters. The first-order valence-corrected chi connectivity index (χ1v) is 9.58. The number of furan rings is 1. The van der Waals surface area contributed by atoms with E-state index in [1.807, 2.05) is 0 Å². The third-order valence-corrected chi connectivity index (χ3v) is 4.20. The molecule has 11 heteroatoms. The van der Waals surface area contributed by atoms with E-state index in [0.29, 0.717) is 21.6 Å². The summed E-state index contributed by atoms with van der Waals surface area (Å²) in [6.45, 7) is -1.44. The van der Waals surface area contributed by atoms with Crippen LogP contribution in [0.2, 0.25) is 0 Å². The normalized spacial score (nSPS) is 11.1. The lowest BCUT2D eigenvalue weighted by Gasteiger charge is -2.09. The Balaban J connectivity index is 1.49. The summed E-state index contributed by atoms with van der Waals surface area (Å²) in [6, 6.07) is 12.4. The fourth-order valence-corrected chi connectivity index (χ4v) is 2.73. The Morgan fingerprint density at radius 1 is 1.00 bits per heavy atom. The van der Waals surface area contributed by atoms with E-state index in [0.717, 1.165) is 0 Å². The molecule has 162 valence electrons. The van der Waals surface area contributed by atoms with Crippen LogP contribution in [0.15, 0.2) is 63.8 Å². The van der Waals surface area contributed by atoms with Gasteiger partial charge in [-0.05, 0) is 51.8 Å². The Morgan fingerprint density at radius 2 is 1.71 bits per heavy atom. The number of carbonyl (C=O) groups excluding carboxylic acids is 2. The molecule has 0 saturated carbocycles. The molecule has 2 heterocycles. The van der Waals surface area contributed by atoms with Gasteiger partial charge in [-0.3, -0.25) is 9.59 Å². The summed E-state index contributed by atoms with van der Waals surface area (Å²) >= 11 is 3.12. The Kier molecular flexibility index (Phi) is 6.95. The predicted molar refractivity (Wildman–Crippen MR) is 109 cm³/mol. The summed E-state index contributed by atoms with van der Waals surface area (Å²) in [4.78, 5) is 27.9. The molecule has 3 aromatic rings. The van der Waals surface area contributed by atoms with E-state index in [-0.39, 0.29) is 24.0 Å². The SMILES string of the molecule is O=C(Cc1ccc(NC(=O)c2ccc(Br)o2)cc1)Nc1ccc(OCC(F)(F)F)nc1. The summed E-state index contributed by atoms with van der Waals surface area (Å²) in [5, 5.41) is 5.27. The highest BCUT2D eigenvalue weighted by atomic mass is 79.9. The van der Waals surface area contributed by atoms with Gasteiger partial charge >= 0.3 is 6.18 Å². The number of rotatable bonds is 7. The number of halogens is 4. The van der Waals surface area contributed by atoms with Crippen LogP contribution >= 0.6 is 15.9 Å². The van der Waals surface area contributed by atoms with Gasteiger partial charge in [0.05, 0.1) is 18.3 Å². The van der Waals surface area contributed by atoms with Gasteiger partial charge in [0.15, 0.2) is 17.0 Å². The van der Waals surface area contributed by atoms with Crippen LogP contribution in [-0.4, -0.2) is 29.6 Å². The van der Waals surface area contributed by atoms with Gasteiger partial charge in [0.2, 0.25) is 11.8 Å². The van der Waals surface area contributed by atoms with Crippen LogP contribution < -0.4 is 15.4 Å². The van der Waals surface area contributed by atoms with Crippen molar-refractivity contribution in [2.24, 2.45) is 0 Å². The number of hydrogen-bond donors (Lipinski definition) is 2. The van der Waals surface area contributed by atoms with Gasteiger partial charge in [0, 0.05) is 11.8 Å². The first kappa shape index (κ1) is 22.3. The highest BCUT2D eigenvalue weighted by Gasteiger charge is 2.28. The van der Waals surface area contributed by atoms with Gasteiger partial charge in [-0.25, -0.2) is 4.98 Å². The predicted octanol–water partition coefficient (Wildman–Crippen LogP) is 4.81. The second kappa shape index (κ2) is 9.65. The van der Waals surface area contributed by atoms with Crippen molar-refractivity contribution in [2.75, 3.05) is 17.2 Å². The summed E-state index contributed by atoms with van der Waals surface area (Å²) in [5.74, 6) is -0.803. The maximum Gasteiger partial charge on any atom is 0.422 e. The highest BCUT2D eigenvalue weighted by Crippen LogP contribution is 2.19. The number of alkyl halides is 3. The van der Waals surface area contributed by atoms with Crippen LogP contribution in [0.1, 0.15) is 16.1 Å². The van der Waals surface area contributed by atoms with Crippen molar-refractivity contribution in [3.05, 3.63) is 70.7 Å². The Morgan fingerprint density at radius 3 is 2.29 bits per heavy atom. The third kappa shape index (κ3) is 7.14. The van der Waals surface area contributed by atoms with Gasteiger partial charge in [-0.15, -0.1) is 0 Å². The molecule has 2 aromatic heterocycles. The Bertz CT molecular complexity index is 1050. The molecule has 7 nitrogen and oxygen atoms in total. The number of hydrogen-bond acceptors (Lipinski definition) is 5. The van der Waals surface area contributed by atoms with E-state index in [9.17, 15) is 22.8 Å². The number of nitrogens with one attached hydrogen (secondary N) is 2. The first-order chi connectivity index (χ1) is 14.7. The molecule has 0 bridgehead atoms. The van der Waals surface area contributed by atoms with Crippen LogP contribution in [0.25, 0.3) is 0 Å². The van der Waals surface area contributed by atoms with Gasteiger partial charge in [-0.1, -0.05) is 12.1 Å². The Hall–Kier alpha value is -3.34. The summed E-state index contributed by atoms with van der Waals surface area (Å²) in [5.41, 5.74) is 1.53. The smallest absolute Gasteiger partial charge is 0.422 e. The molecule has 0 spiro atoms. The molecule has 2 amide bonds. The zero-order valence-electron chi connectivity index (χ0n) is 15.7. The number of aromatic nitrogens is 1. The largest absolute Gasteiger partial charge is 0.468 e. The zero-order chi connectivity index (χ0) is 22.4. The lowest BCUT2D eigenvalue weighted by Crippen LogP contribution is -2.19. The van der Waals surface area contributed by atoms with E-state index in [1.54, 1.807) is 30.3 Å². The molecule has 0 aliphatic rings. The second-order valence-corrected chi connectivity index (χ2v) is 7.05. The number of pyridine rings is 1. The minimum Gasteiger partial charge on any atom is -0.468 e. The average molecular weight is 498 g/mol. The molecular formula is C20H15BrF3N3O4. The fourth-order valence-electron chi connectivity index (χ4n) is 2.42. The molecule has 2 N–H and O–H groups in total. The third-order valence-electron chi connectivity index (χ3n) is 3.78. The molecule has 0 saturated heterocycles.